The highest BCUT2D eigenvalue weighted by molar-refractivity contribution is 5.96. The van der Waals surface area contributed by atoms with Crippen molar-refractivity contribution >= 4 is 11.6 Å². The van der Waals surface area contributed by atoms with Crippen LogP contribution in [0.2, 0.25) is 0 Å². The third-order valence-corrected chi connectivity index (χ3v) is 2.98. The van der Waals surface area contributed by atoms with Gasteiger partial charge in [-0.05, 0) is 31.4 Å². The van der Waals surface area contributed by atoms with Gasteiger partial charge in [-0.1, -0.05) is 24.6 Å². The van der Waals surface area contributed by atoms with Crippen LogP contribution in [-0.2, 0) is 11.2 Å². The molecule has 1 aliphatic rings. The molecule has 0 N–H and O–H groups in total. The number of aryl methyl sites for hydroxylation is 2. The molecule has 0 aliphatic carbocycles. The zero-order chi connectivity index (χ0) is 10.8. The Labute approximate surface area is 90.9 Å². The lowest BCUT2D eigenvalue weighted by Gasteiger charge is -2.19. The molecule has 0 spiro atoms. The molecule has 1 saturated heterocycles. The van der Waals surface area contributed by atoms with E-state index >= 15 is 0 Å². The number of carbonyl (C=O) groups excluding carboxylic acids is 1. The van der Waals surface area contributed by atoms with Gasteiger partial charge in [-0.25, -0.2) is 0 Å². The van der Waals surface area contributed by atoms with Crippen LogP contribution in [0, 0.1) is 6.92 Å². The molecular formula is C13H17NO. The fraction of sp³-hybridized carbons (Fsp3) is 0.462. The Morgan fingerprint density at radius 1 is 1.40 bits per heavy atom. The molecule has 0 bridgehead atoms. The molecular weight excluding hydrogens is 186 g/mol. The summed E-state index contributed by atoms with van der Waals surface area (Å²) < 4.78 is 0. The molecule has 1 fully saturated rings. The zero-order valence-electron chi connectivity index (χ0n) is 9.42. The van der Waals surface area contributed by atoms with E-state index in [9.17, 15) is 4.79 Å². The van der Waals surface area contributed by atoms with Gasteiger partial charge in [0.25, 0.3) is 0 Å². The van der Waals surface area contributed by atoms with Crippen LogP contribution in [0.25, 0.3) is 0 Å². The number of anilines is 1. The number of hydrogen-bond acceptors (Lipinski definition) is 1. The topological polar surface area (TPSA) is 20.3 Å². The van der Waals surface area contributed by atoms with Gasteiger partial charge in [0.05, 0.1) is 0 Å². The Morgan fingerprint density at radius 3 is 2.80 bits per heavy atom. The molecule has 0 atom stereocenters. The molecule has 1 amide bonds. The number of rotatable bonds is 2. The molecule has 15 heavy (non-hydrogen) atoms. The van der Waals surface area contributed by atoms with Crippen LogP contribution in [-0.4, -0.2) is 12.5 Å². The van der Waals surface area contributed by atoms with Crippen molar-refractivity contribution in [1.82, 2.24) is 0 Å². The number of nitrogens with zero attached hydrogens (tertiary/aromatic N) is 1. The maximum absolute atomic E-state index is 11.7. The summed E-state index contributed by atoms with van der Waals surface area (Å²) in [6, 6.07) is 6.35. The summed E-state index contributed by atoms with van der Waals surface area (Å²) in [7, 11) is 0. The van der Waals surface area contributed by atoms with E-state index in [0.717, 1.165) is 25.1 Å². The Kier molecular flexibility index (Phi) is 2.76. The smallest absolute Gasteiger partial charge is 0.227 e. The first kappa shape index (κ1) is 10.2. The van der Waals surface area contributed by atoms with Gasteiger partial charge in [-0.3, -0.25) is 4.79 Å². The van der Waals surface area contributed by atoms with Gasteiger partial charge in [0.15, 0.2) is 0 Å². The maximum atomic E-state index is 11.7. The van der Waals surface area contributed by atoms with Crippen LogP contribution < -0.4 is 4.90 Å². The quantitative estimate of drug-likeness (QED) is 0.723. The van der Waals surface area contributed by atoms with E-state index in [2.05, 4.69) is 32.0 Å². The lowest BCUT2D eigenvalue weighted by molar-refractivity contribution is -0.117. The lowest BCUT2D eigenvalue weighted by atomic mass is 10.1. The van der Waals surface area contributed by atoms with Crippen LogP contribution in [0.15, 0.2) is 18.2 Å². The molecule has 0 saturated carbocycles. The predicted octanol–water partition coefficient (Wildman–Crippen LogP) is 2.68. The van der Waals surface area contributed by atoms with Crippen molar-refractivity contribution < 1.29 is 4.79 Å². The first-order valence-corrected chi connectivity index (χ1v) is 5.62. The van der Waals surface area contributed by atoms with Crippen molar-refractivity contribution in [3.05, 3.63) is 29.3 Å². The molecule has 0 aromatic heterocycles. The highest BCUT2D eigenvalue weighted by atomic mass is 16.2. The Bertz CT molecular complexity index is 384. The number of amides is 1. The number of carbonyl (C=O) groups is 1. The lowest BCUT2D eigenvalue weighted by Crippen LogP contribution is -2.24. The summed E-state index contributed by atoms with van der Waals surface area (Å²) in [4.78, 5) is 13.6. The summed E-state index contributed by atoms with van der Waals surface area (Å²) >= 11 is 0. The summed E-state index contributed by atoms with van der Waals surface area (Å²) in [6.07, 6.45) is 2.69. The van der Waals surface area contributed by atoms with Crippen molar-refractivity contribution in [1.29, 1.82) is 0 Å². The monoisotopic (exact) mass is 203 g/mol. The highest BCUT2D eigenvalue weighted by Crippen LogP contribution is 2.26. The molecule has 80 valence electrons. The normalized spacial score (nSPS) is 16.1. The maximum Gasteiger partial charge on any atom is 0.227 e. The average molecular weight is 203 g/mol. The molecule has 1 aliphatic heterocycles. The molecule has 2 rings (SSSR count). The van der Waals surface area contributed by atoms with Gasteiger partial charge < -0.3 is 4.90 Å². The summed E-state index contributed by atoms with van der Waals surface area (Å²) in [5.74, 6) is 0.272. The zero-order valence-corrected chi connectivity index (χ0v) is 9.42. The van der Waals surface area contributed by atoms with Crippen molar-refractivity contribution in [3.8, 4) is 0 Å². The summed E-state index contributed by atoms with van der Waals surface area (Å²) in [5.41, 5.74) is 3.66. The van der Waals surface area contributed by atoms with E-state index < -0.39 is 0 Å². The molecule has 1 aromatic rings. The second-order valence-corrected chi connectivity index (χ2v) is 4.13. The Hall–Kier alpha value is -1.31. The standard InChI is InChI=1S/C13H17NO/c1-3-11-9-10(2)6-7-12(11)14-8-4-5-13(14)15/h6-7,9H,3-5,8H2,1-2H3. The van der Waals surface area contributed by atoms with Crippen molar-refractivity contribution in [3.63, 3.8) is 0 Å². The van der Waals surface area contributed by atoms with Gasteiger partial charge in [0.1, 0.15) is 0 Å². The van der Waals surface area contributed by atoms with Gasteiger partial charge >= 0.3 is 0 Å². The van der Waals surface area contributed by atoms with E-state index in [-0.39, 0.29) is 5.91 Å². The van der Waals surface area contributed by atoms with E-state index in [1.807, 2.05) is 4.90 Å². The first-order chi connectivity index (χ1) is 7.22. The third-order valence-electron chi connectivity index (χ3n) is 2.98. The Balaban J connectivity index is 2.38. The molecule has 0 radical (unpaired) electrons. The van der Waals surface area contributed by atoms with Gasteiger partial charge in [0.2, 0.25) is 5.91 Å². The third kappa shape index (κ3) is 1.89. The molecule has 0 unspecified atom stereocenters. The Morgan fingerprint density at radius 2 is 2.20 bits per heavy atom. The SMILES string of the molecule is CCc1cc(C)ccc1N1CCCC1=O. The fourth-order valence-corrected chi connectivity index (χ4v) is 2.16. The predicted molar refractivity (Wildman–Crippen MR) is 62.1 cm³/mol. The van der Waals surface area contributed by atoms with E-state index in [0.29, 0.717) is 6.42 Å². The average Bonchev–Trinajstić information content (AvgIpc) is 2.64. The molecule has 1 heterocycles. The minimum atomic E-state index is 0.272. The second kappa shape index (κ2) is 4.05. The van der Waals surface area contributed by atoms with Crippen LogP contribution in [0.5, 0.6) is 0 Å². The fourth-order valence-electron chi connectivity index (χ4n) is 2.16. The van der Waals surface area contributed by atoms with E-state index in [1.165, 1.54) is 11.1 Å². The molecule has 2 nitrogen and oxygen atoms in total. The van der Waals surface area contributed by atoms with Crippen LogP contribution in [0.3, 0.4) is 0 Å². The van der Waals surface area contributed by atoms with E-state index in [1.54, 1.807) is 0 Å². The minimum absolute atomic E-state index is 0.272. The van der Waals surface area contributed by atoms with Crippen molar-refractivity contribution in [2.24, 2.45) is 0 Å². The van der Waals surface area contributed by atoms with Crippen molar-refractivity contribution in [2.75, 3.05) is 11.4 Å². The van der Waals surface area contributed by atoms with Gasteiger partial charge in [-0.15, -0.1) is 0 Å². The van der Waals surface area contributed by atoms with Crippen LogP contribution in [0.4, 0.5) is 5.69 Å². The van der Waals surface area contributed by atoms with Crippen molar-refractivity contribution in [2.45, 2.75) is 33.1 Å². The second-order valence-electron chi connectivity index (χ2n) is 4.13. The molecule has 1 aromatic carbocycles. The highest BCUT2D eigenvalue weighted by Gasteiger charge is 2.23. The molecule has 2 heteroatoms. The summed E-state index contributed by atoms with van der Waals surface area (Å²) in [6.45, 7) is 5.11. The number of hydrogen-bond donors (Lipinski definition) is 0. The summed E-state index contributed by atoms with van der Waals surface area (Å²) in [5, 5.41) is 0. The minimum Gasteiger partial charge on any atom is -0.312 e. The number of benzene rings is 1. The van der Waals surface area contributed by atoms with Crippen LogP contribution >= 0.6 is 0 Å². The van der Waals surface area contributed by atoms with Gasteiger partial charge in [0, 0.05) is 18.7 Å². The van der Waals surface area contributed by atoms with Gasteiger partial charge in [-0.2, -0.15) is 0 Å². The largest absolute Gasteiger partial charge is 0.312 e. The van der Waals surface area contributed by atoms with Crippen LogP contribution in [0.1, 0.15) is 30.9 Å². The van der Waals surface area contributed by atoms with E-state index in [4.69, 9.17) is 0 Å². The first-order valence-electron chi connectivity index (χ1n) is 5.62.